The van der Waals surface area contributed by atoms with Crippen molar-refractivity contribution in [2.75, 3.05) is 13.6 Å². The number of amidine groups is 1. The summed E-state index contributed by atoms with van der Waals surface area (Å²) in [5.74, 6) is 0.219. The number of hydrogen-bond acceptors (Lipinski definition) is 3. The second-order valence-electron chi connectivity index (χ2n) is 2.58. The quantitative estimate of drug-likeness (QED) is 0.429. The minimum atomic E-state index is 0.219. The molecule has 0 amide bonds. The topological polar surface area (TPSA) is 61.9 Å². The summed E-state index contributed by atoms with van der Waals surface area (Å²) in [7, 11) is 1.94. The molecule has 1 heterocycles. The van der Waals surface area contributed by atoms with Crippen molar-refractivity contribution in [3.8, 4) is 0 Å². The molecule has 62 valence electrons. The monoisotopic (exact) mass is 171 g/mol. The van der Waals surface area contributed by atoms with Crippen molar-refractivity contribution in [2.45, 2.75) is 11.7 Å². The van der Waals surface area contributed by atoms with Crippen LogP contribution < -0.4 is 11.1 Å². The summed E-state index contributed by atoms with van der Waals surface area (Å²) in [6.07, 6.45) is 0.931. The molecule has 1 aliphatic rings. The van der Waals surface area contributed by atoms with Crippen LogP contribution >= 0.6 is 11.8 Å². The average Bonchev–Trinajstić information content (AvgIpc) is 2.37. The lowest BCUT2D eigenvalue weighted by Gasteiger charge is -2.06. The summed E-state index contributed by atoms with van der Waals surface area (Å²) < 4.78 is 0. The number of hydrogen-bond donors (Lipinski definition) is 3. The molecule has 1 unspecified atom stereocenters. The molecule has 1 aliphatic heterocycles. The largest absolute Gasteiger partial charge is 0.384 e. The molecule has 1 atom stereocenters. The van der Waals surface area contributed by atoms with Crippen LogP contribution in [0.25, 0.3) is 0 Å². The Kier molecular flexibility index (Phi) is 2.96. The lowest BCUT2D eigenvalue weighted by molar-refractivity contribution is 0.751. The molecule has 0 aromatic rings. The van der Waals surface area contributed by atoms with Crippen molar-refractivity contribution in [1.82, 2.24) is 5.32 Å². The minimum absolute atomic E-state index is 0.219. The highest BCUT2D eigenvalue weighted by Gasteiger charge is 2.18. The highest BCUT2D eigenvalue weighted by Crippen LogP contribution is 2.29. The lowest BCUT2D eigenvalue weighted by atomic mass is 10.1. The maximum absolute atomic E-state index is 7.19. The SMILES string of the molecule is CNCC1CC(C(=N)N)=CS1. The van der Waals surface area contributed by atoms with Gasteiger partial charge in [0.2, 0.25) is 0 Å². The summed E-state index contributed by atoms with van der Waals surface area (Å²) in [5.41, 5.74) is 6.32. The molecule has 1 rings (SSSR count). The van der Waals surface area contributed by atoms with E-state index in [0.29, 0.717) is 5.25 Å². The van der Waals surface area contributed by atoms with Crippen LogP contribution in [-0.4, -0.2) is 24.7 Å². The van der Waals surface area contributed by atoms with Crippen LogP contribution in [0.15, 0.2) is 11.0 Å². The van der Waals surface area contributed by atoms with Crippen LogP contribution in [0.4, 0.5) is 0 Å². The third kappa shape index (κ3) is 2.24. The molecule has 11 heavy (non-hydrogen) atoms. The molecule has 4 N–H and O–H groups in total. The van der Waals surface area contributed by atoms with E-state index >= 15 is 0 Å². The third-order valence-electron chi connectivity index (χ3n) is 1.63. The fourth-order valence-electron chi connectivity index (χ4n) is 1.04. The number of nitrogens with two attached hydrogens (primary N) is 1. The van der Waals surface area contributed by atoms with E-state index < -0.39 is 0 Å². The van der Waals surface area contributed by atoms with Crippen LogP contribution in [0, 0.1) is 5.41 Å². The van der Waals surface area contributed by atoms with Gasteiger partial charge in [0.1, 0.15) is 5.84 Å². The van der Waals surface area contributed by atoms with Gasteiger partial charge in [-0.25, -0.2) is 0 Å². The average molecular weight is 171 g/mol. The highest BCUT2D eigenvalue weighted by molar-refractivity contribution is 8.03. The Bertz CT molecular complexity index is 188. The first-order chi connectivity index (χ1) is 5.24. The van der Waals surface area contributed by atoms with Crippen molar-refractivity contribution in [1.29, 1.82) is 5.41 Å². The van der Waals surface area contributed by atoms with E-state index in [4.69, 9.17) is 11.1 Å². The predicted octanol–water partition coefficient (Wildman–Crippen LogP) is 0.531. The second-order valence-corrected chi connectivity index (χ2v) is 3.75. The number of thioether (sulfide) groups is 1. The van der Waals surface area contributed by atoms with Gasteiger partial charge in [-0.1, -0.05) is 0 Å². The Hall–Kier alpha value is -0.480. The van der Waals surface area contributed by atoms with Crippen LogP contribution in [0.3, 0.4) is 0 Å². The summed E-state index contributed by atoms with van der Waals surface area (Å²) in [5, 5.41) is 12.9. The van der Waals surface area contributed by atoms with Gasteiger partial charge in [-0.15, -0.1) is 11.8 Å². The molecule has 0 radical (unpaired) electrons. The van der Waals surface area contributed by atoms with Crippen molar-refractivity contribution in [2.24, 2.45) is 5.73 Å². The lowest BCUT2D eigenvalue weighted by Crippen LogP contribution is -2.21. The van der Waals surface area contributed by atoms with Gasteiger partial charge in [-0.05, 0) is 18.9 Å². The molecule has 0 saturated carbocycles. The molecular weight excluding hydrogens is 158 g/mol. The van der Waals surface area contributed by atoms with E-state index in [2.05, 4.69) is 5.32 Å². The first kappa shape index (κ1) is 8.62. The first-order valence-electron chi connectivity index (χ1n) is 3.57. The van der Waals surface area contributed by atoms with Gasteiger partial charge in [0, 0.05) is 17.4 Å². The first-order valence-corrected chi connectivity index (χ1v) is 4.52. The second kappa shape index (κ2) is 3.78. The van der Waals surface area contributed by atoms with Gasteiger partial charge in [-0.3, -0.25) is 5.41 Å². The molecule has 0 fully saturated rings. The van der Waals surface area contributed by atoms with E-state index in [0.717, 1.165) is 18.5 Å². The molecule has 0 spiro atoms. The zero-order valence-corrected chi connectivity index (χ0v) is 7.37. The van der Waals surface area contributed by atoms with Crippen LogP contribution in [0.1, 0.15) is 6.42 Å². The molecule has 4 heteroatoms. The number of rotatable bonds is 3. The summed E-state index contributed by atoms with van der Waals surface area (Å²) >= 11 is 1.76. The van der Waals surface area contributed by atoms with Crippen LogP contribution in [0.2, 0.25) is 0 Å². The normalized spacial score (nSPS) is 23.4. The summed E-state index contributed by atoms with van der Waals surface area (Å²) in [4.78, 5) is 0. The van der Waals surface area contributed by atoms with E-state index in [1.165, 1.54) is 0 Å². The summed E-state index contributed by atoms with van der Waals surface area (Å²) in [6.45, 7) is 0.984. The maximum atomic E-state index is 7.19. The van der Waals surface area contributed by atoms with E-state index in [9.17, 15) is 0 Å². The molecule has 0 aromatic carbocycles. The zero-order chi connectivity index (χ0) is 8.27. The van der Waals surface area contributed by atoms with Crippen LogP contribution in [0.5, 0.6) is 0 Å². The maximum Gasteiger partial charge on any atom is 0.119 e. The zero-order valence-electron chi connectivity index (χ0n) is 6.55. The Labute approximate surface area is 70.9 Å². The Morgan fingerprint density at radius 1 is 2.00 bits per heavy atom. The van der Waals surface area contributed by atoms with Gasteiger partial charge in [0.05, 0.1) is 0 Å². The van der Waals surface area contributed by atoms with E-state index in [-0.39, 0.29) is 5.84 Å². The smallest absolute Gasteiger partial charge is 0.119 e. The predicted molar refractivity (Wildman–Crippen MR) is 49.9 cm³/mol. The van der Waals surface area contributed by atoms with Crippen molar-refractivity contribution in [3.05, 3.63) is 11.0 Å². The Balaban J connectivity index is 2.37. The number of nitrogens with one attached hydrogen (secondary N) is 2. The standard InChI is InChI=1S/C7H13N3S/c1-10-3-6-2-5(4-11-6)7(8)9/h4,6,10H,2-3H2,1H3,(H3,8,9). The van der Waals surface area contributed by atoms with Gasteiger partial charge in [0.15, 0.2) is 0 Å². The van der Waals surface area contributed by atoms with Gasteiger partial charge >= 0.3 is 0 Å². The molecular formula is C7H13N3S. The molecule has 0 saturated heterocycles. The van der Waals surface area contributed by atoms with Gasteiger partial charge in [-0.2, -0.15) is 0 Å². The van der Waals surface area contributed by atoms with Crippen LogP contribution in [-0.2, 0) is 0 Å². The molecule has 3 nitrogen and oxygen atoms in total. The van der Waals surface area contributed by atoms with Crippen molar-refractivity contribution >= 4 is 17.6 Å². The molecule has 0 aliphatic carbocycles. The Morgan fingerprint density at radius 2 is 2.73 bits per heavy atom. The fraction of sp³-hybridized carbons (Fsp3) is 0.571. The van der Waals surface area contributed by atoms with Gasteiger partial charge in [0.25, 0.3) is 0 Å². The Morgan fingerprint density at radius 3 is 3.18 bits per heavy atom. The van der Waals surface area contributed by atoms with E-state index in [1.807, 2.05) is 12.5 Å². The fourth-order valence-corrected chi connectivity index (χ4v) is 2.16. The molecule has 0 aromatic heterocycles. The molecule has 0 bridgehead atoms. The third-order valence-corrected chi connectivity index (χ3v) is 2.77. The van der Waals surface area contributed by atoms with Crippen molar-refractivity contribution in [3.63, 3.8) is 0 Å². The van der Waals surface area contributed by atoms with E-state index in [1.54, 1.807) is 11.8 Å². The highest BCUT2D eigenvalue weighted by atomic mass is 32.2. The van der Waals surface area contributed by atoms with Crippen molar-refractivity contribution < 1.29 is 0 Å². The van der Waals surface area contributed by atoms with Gasteiger partial charge < -0.3 is 11.1 Å². The minimum Gasteiger partial charge on any atom is -0.384 e. The summed E-state index contributed by atoms with van der Waals surface area (Å²) in [6, 6.07) is 0.